The number of nitrogens with zero attached hydrogens (tertiary/aromatic N) is 6. The van der Waals surface area contributed by atoms with Crippen LogP contribution in [0.15, 0.2) is 53.6 Å². The van der Waals surface area contributed by atoms with E-state index in [0.717, 1.165) is 23.1 Å². The quantitative estimate of drug-likeness (QED) is 0.322. The summed E-state index contributed by atoms with van der Waals surface area (Å²) in [6, 6.07) is 11.4. The van der Waals surface area contributed by atoms with E-state index in [0.29, 0.717) is 35.0 Å². The first kappa shape index (κ1) is 23.7. The number of aliphatic hydroxyl groups is 1. The second-order valence-electron chi connectivity index (χ2n) is 9.64. The van der Waals surface area contributed by atoms with E-state index in [1.165, 1.54) is 11.8 Å². The number of rotatable bonds is 7. The Morgan fingerprint density at radius 3 is 2.67 bits per heavy atom. The fraction of sp³-hybridized carbons (Fsp3) is 0.308. The van der Waals surface area contributed by atoms with Crippen molar-refractivity contribution in [3.63, 3.8) is 0 Å². The van der Waals surface area contributed by atoms with E-state index in [2.05, 4.69) is 31.2 Å². The smallest absolute Gasteiger partial charge is 0.278 e. The van der Waals surface area contributed by atoms with E-state index in [-0.39, 0.29) is 5.56 Å². The van der Waals surface area contributed by atoms with Crippen molar-refractivity contribution < 1.29 is 5.11 Å². The summed E-state index contributed by atoms with van der Waals surface area (Å²) >= 11 is 0. The average Bonchev–Trinajstić information content (AvgIpc) is 3.35. The van der Waals surface area contributed by atoms with Crippen LogP contribution in [0.4, 0.5) is 11.6 Å². The minimum absolute atomic E-state index is 0.198. The zero-order chi connectivity index (χ0) is 25.6. The van der Waals surface area contributed by atoms with Crippen LogP contribution in [0.2, 0.25) is 0 Å². The lowest BCUT2D eigenvalue weighted by atomic mass is 10.1. The Kier molecular flexibility index (Phi) is 5.85. The maximum atomic E-state index is 13.1. The fourth-order valence-corrected chi connectivity index (χ4v) is 4.35. The average molecular weight is 487 g/mol. The van der Waals surface area contributed by atoms with Gasteiger partial charge in [-0.25, -0.2) is 19.3 Å². The largest absolute Gasteiger partial charge is 0.384 e. The highest BCUT2D eigenvalue weighted by Gasteiger charge is 2.21. The Labute approximate surface area is 208 Å². The van der Waals surface area contributed by atoms with Gasteiger partial charge in [0.05, 0.1) is 5.69 Å². The summed E-state index contributed by atoms with van der Waals surface area (Å²) in [5.41, 5.74) is 2.68. The van der Waals surface area contributed by atoms with Crippen LogP contribution in [0.3, 0.4) is 0 Å². The molecular formula is C26H30N8O2. The predicted molar refractivity (Wildman–Crippen MR) is 141 cm³/mol. The minimum atomic E-state index is -1.12. The summed E-state index contributed by atoms with van der Waals surface area (Å²) < 4.78 is 3.25. The first-order valence-electron chi connectivity index (χ1n) is 11.9. The van der Waals surface area contributed by atoms with Crippen LogP contribution in [-0.2, 0) is 18.7 Å². The molecule has 0 atom stereocenters. The number of anilines is 2. The van der Waals surface area contributed by atoms with Crippen molar-refractivity contribution in [3.05, 3.63) is 70.4 Å². The van der Waals surface area contributed by atoms with E-state index in [1.54, 1.807) is 35.3 Å². The number of hydrogen-bond acceptors (Lipinski definition) is 7. The number of aromatic amines is 1. The van der Waals surface area contributed by atoms with Gasteiger partial charge in [-0.3, -0.25) is 4.79 Å². The standard InChI is InChI=1S/C26H30N8O2/c1-6-33-24(35)19-14-28-25(29-17-10-11-18-16(15-32(4)5)13-27-20(18)12-17)31-23(19)34(33)22-9-7-8-21(30-22)26(2,3)36/h7-14,27,36H,6,15H2,1-5H3,(H,28,29,31). The van der Waals surface area contributed by atoms with Gasteiger partial charge in [-0.2, -0.15) is 4.98 Å². The first-order chi connectivity index (χ1) is 17.2. The molecule has 0 fully saturated rings. The first-order valence-corrected chi connectivity index (χ1v) is 11.9. The van der Waals surface area contributed by atoms with Gasteiger partial charge in [-0.05, 0) is 64.7 Å². The van der Waals surface area contributed by atoms with Crippen LogP contribution in [0.5, 0.6) is 0 Å². The SMILES string of the molecule is CCn1c(=O)c2cnc(Nc3ccc4c(CN(C)C)c[nH]c4c3)nc2n1-c1cccc(C(C)(C)O)n1. The number of hydrogen-bond donors (Lipinski definition) is 3. The van der Waals surface area contributed by atoms with Crippen molar-refractivity contribution in [2.75, 3.05) is 19.4 Å². The monoisotopic (exact) mass is 486 g/mol. The number of H-pyrrole nitrogens is 1. The molecule has 5 aromatic rings. The lowest BCUT2D eigenvalue weighted by Crippen LogP contribution is -2.23. The van der Waals surface area contributed by atoms with E-state index < -0.39 is 5.60 Å². The van der Waals surface area contributed by atoms with Crippen molar-refractivity contribution in [2.45, 2.75) is 39.5 Å². The van der Waals surface area contributed by atoms with Crippen LogP contribution in [0.25, 0.3) is 27.8 Å². The van der Waals surface area contributed by atoms with Gasteiger partial charge in [-0.1, -0.05) is 12.1 Å². The fourth-order valence-electron chi connectivity index (χ4n) is 4.35. The number of aromatic nitrogens is 6. The number of benzene rings is 1. The molecule has 186 valence electrons. The second-order valence-corrected chi connectivity index (χ2v) is 9.64. The van der Waals surface area contributed by atoms with Crippen LogP contribution in [0.1, 0.15) is 32.0 Å². The molecule has 0 saturated heterocycles. The Bertz CT molecular complexity index is 1620. The van der Waals surface area contributed by atoms with Crippen LogP contribution in [-0.4, -0.2) is 53.4 Å². The van der Waals surface area contributed by atoms with Crippen LogP contribution < -0.4 is 10.9 Å². The third-order valence-corrected chi connectivity index (χ3v) is 6.06. The highest BCUT2D eigenvalue weighted by molar-refractivity contribution is 5.87. The Morgan fingerprint density at radius 1 is 1.14 bits per heavy atom. The van der Waals surface area contributed by atoms with E-state index >= 15 is 0 Å². The highest BCUT2D eigenvalue weighted by Crippen LogP contribution is 2.25. The van der Waals surface area contributed by atoms with Crippen LogP contribution >= 0.6 is 0 Å². The van der Waals surface area contributed by atoms with E-state index in [9.17, 15) is 9.90 Å². The molecule has 1 aromatic carbocycles. The normalized spacial score (nSPS) is 12.2. The summed E-state index contributed by atoms with van der Waals surface area (Å²) in [5, 5.41) is 15.3. The molecule has 0 saturated carbocycles. The van der Waals surface area contributed by atoms with Gasteiger partial charge in [0.1, 0.15) is 11.0 Å². The predicted octanol–water partition coefficient (Wildman–Crippen LogP) is 3.51. The molecule has 4 heterocycles. The molecule has 0 aliphatic heterocycles. The number of fused-ring (bicyclic) bond motifs is 2. The second kappa shape index (κ2) is 8.89. The number of nitrogens with one attached hydrogen (secondary N) is 2. The van der Waals surface area contributed by atoms with Crippen molar-refractivity contribution in [1.29, 1.82) is 0 Å². The molecule has 0 unspecified atom stereocenters. The lowest BCUT2D eigenvalue weighted by Gasteiger charge is -2.18. The molecule has 3 N–H and O–H groups in total. The minimum Gasteiger partial charge on any atom is -0.384 e. The van der Waals surface area contributed by atoms with Gasteiger partial charge in [0.15, 0.2) is 11.5 Å². The molecule has 0 spiro atoms. The summed E-state index contributed by atoms with van der Waals surface area (Å²) in [6.45, 7) is 6.51. The van der Waals surface area contributed by atoms with Crippen molar-refractivity contribution >= 4 is 33.6 Å². The maximum Gasteiger partial charge on any atom is 0.278 e. The molecule has 0 amide bonds. The maximum absolute atomic E-state index is 13.1. The van der Waals surface area contributed by atoms with Crippen molar-refractivity contribution in [2.24, 2.45) is 0 Å². The van der Waals surface area contributed by atoms with Crippen molar-refractivity contribution in [3.8, 4) is 5.82 Å². The van der Waals surface area contributed by atoms with Gasteiger partial charge in [0.25, 0.3) is 5.56 Å². The Morgan fingerprint density at radius 2 is 1.94 bits per heavy atom. The molecule has 10 heteroatoms. The van der Waals surface area contributed by atoms with Gasteiger partial charge in [0, 0.05) is 42.1 Å². The zero-order valence-corrected chi connectivity index (χ0v) is 21.1. The van der Waals surface area contributed by atoms with Gasteiger partial charge in [0.2, 0.25) is 5.95 Å². The topological polar surface area (TPSA) is 117 Å². The molecule has 0 radical (unpaired) electrons. The van der Waals surface area contributed by atoms with E-state index in [1.807, 2.05) is 45.4 Å². The molecule has 36 heavy (non-hydrogen) atoms. The van der Waals surface area contributed by atoms with Crippen molar-refractivity contribution in [1.82, 2.24) is 34.2 Å². The molecule has 0 bridgehead atoms. The van der Waals surface area contributed by atoms with Gasteiger partial charge in [-0.15, -0.1) is 0 Å². The molecule has 0 aliphatic carbocycles. The third kappa shape index (κ3) is 4.25. The van der Waals surface area contributed by atoms with E-state index in [4.69, 9.17) is 4.98 Å². The molecule has 10 nitrogen and oxygen atoms in total. The summed E-state index contributed by atoms with van der Waals surface area (Å²) in [5.74, 6) is 0.858. The van der Waals surface area contributed by atoms with Gasteiger partial charge < -0.3 is 20.3 Å². The molecule has 0 aliphatic rings. The Hall–Kier alpha value is -4.02. The highest BCUT2D eigenvalue weighted by atomic mass is 16.3. The number of pyridine rings is 1. The summed E-state index contributed by atoms with van der Waals surface area (Å²) in [6.07, 6.45) is 3.57. The third-order valence-electron chi connectivity index (χ3n) is 6.06. The molecule has 5 rings (SSSR count). The van der Waals surface area contributed by atoms with Gasteiger partial charge >= 0.3 is 0 Å². The summed E-state index contributed by atoms with van der Waals surface area (Å²) in [7, 11) is 4.09. The lowest BCUT2D eigenvalue weighted by molar-refractivity contribution is 0.0738. The molecular weight excluding hydrogens is 456 g/mol. The Balaban J connectivity index is 1.57. The van der Waals surface area contributed by atoms with Crippen LogP contribution in [0, 0.1) is 0 Å². The summed E-state index contributed by atoms with van der Waals surface area (Å²) in [4.78, 5) is 32.3. The zero-order valence-electron chi connectivity index (χ0n) is 21.1. The molecule has 4 aromatic heterocycles.